The average molecular weight is 422 g/mol. The van der Waals surface area contributed by atoms with Crippen LogP contribution in [0.5, 0.6) is 0 Å². The van der Waals surface area contributed by atoms with E-state index in [9.17, 15) is 18.0 Å². The van der Waals surface area contributed by atoms with E-state index in [-0.39, 0.29) is 4.90 Å². The maximum Gasteiger partial charge on any atom is 0.355 e. The second-order valence-corrected chi connectivity index (χ2v) is 8.52. The minimum atomic E-state index is -3.67. The smallest absolute Gasteiger partial charge is 0.355 e. The van der Waals surface area contributed by atoms with Gasteiger partial charge in [-0.05, 0) is 43.7 Å². The summed E-state index contributed by atoms with van der Waals surface area (Å²) in [6, 6.07) is 7.96. The molecule has 2 rings (SSSR count). The van der Waals surface area contributed by atoms with E-state index >= 15 is 0 Å². The molecule has 0 fully saturated rings. The Morgan fingerprint density at radius 2 is 1.86 bits per heavy atom. The van der Waals surface area contributed by atoms with Gasteiger partial charge in [0, 0.05) is 32.0 Å². The lowest BCUT2D eigenvalue weighted by Crippen LogP contribution is -2.32. The maximum absolute atomic E-state index is 12.8. The Bertz CT molecular complexity index is 993. The molecule has 0 aliphatic rings. The van der Waals surface area contributed by atoms with Gasteiger partial charge in [-0.15, -0.1) is 0 Å². The first-order valence-electron chi connectivity index (χ1n) is 9.35. The molecule has 1 atom stereocenters. The Hall–Kier alpha value is -2.65. The molecule has 2 aromatic rings. The molecule has 0 unspecified atom stereocenters. The van der Waals surface area contributed by atoms with Gasteiger partial charge in [0.1, 0.15) is 5.69 Å². The number of amides is 1. The van der Waals surface area contributed by atoms with Crippen LogP contribution in [0, 0.1) is 6.92 Å². The van der Waals surface area contributed by atoms with E-state index in [2.05, 4.69) is 5.32 Å². The van der Waals surface area contributed by atoms with Gasteiger partial charge in [-0.2, -0.15) is 4.31 Å². The Labute approximate surface area is 171 Å². The molecule has 0 saturated carbocycles. The number of nitrogens with one attached hydrogen (secondary N) is 1. The summed E-state index contributed by atoms with van der Waals surface area (Å²) in [5.74, 6) is -1.17. The zero-order chi connectivity index (χ0) is 21.8. The van der Waals surface area contributed by atoms with E-state index < -0.39 is 28.0 Å². The topological polar surface area (TPSA) is 97.7 Å². The summed E-state index contributed by atoms with van der Waals surface area (Å²) in [6.07, 6.45) is 0.646. The number of rotatable bonds is 8. The lowest BCUT2D eigenvalue weighted by Gasteiger charge is -2.20. The number of carbonyl (C=O) groups excluding carboxylic acids is 2. The van der Waals surface area contributed by atoms with Crippen molar-refractivity contribution in [1.29, 1.82) is 0 Å². The van der Waals surface area contributed by atoms with Crippen molar-refractivity contribution in [2.75, 3.05) is 18.4 Å². The normalized spacial score (nSPS) is 12.6. The first kappa shape index (κ1) is 22.6. The van der Waals surface area contributed by atoms with E-state index in [4.69, 9.17) is 4.74 Å². The van der Waals surface area contributed by atoms with Crippen LogP contribution in [0.15, 0.2) is 41.4 Å². The van der Waals surface area contributed by atoms with Gasteiger partial charge >= 0.3 is 5.97 Å². The third kappa shape index (κ3) is 5.04. The number of nitrogens with zero attached hydrogens (tertiary/aromatic N) is 2. The predicted octanol–water partition coefficient (Wildman–Crippen LogP) is 2.55. The number of aryl methyl sites for hydroxylation is 2. The highest BCUT2D eigenvalue weighted by Crippen LogP contribution is 2.24. The number of hydrogen-bond acceptors (Lipinski definition) is 5. The summed E-state index contributed by atoms with van der Waals surface area (Å²) in [5.41, 5.74) is 1.22. The number of anilines is 1. The Morgan fingerprint density at radius 1 is 1.21 bits per heavy atom. The molecule has 1 aromatic carbocycles. The van der Waals surface area contributed by atoms with Crippen molar-refractivity contribution < 1.29 is 22.7 Å². The highest BCUT2D eigenvalue weighted by atomic mass is 32.2. The third-order valence-corrected chi connectivity index (χ3v) is 6.78. The Kier molecular flexibility index (Phi) is 7.21. The molecule has 0 bridgehead atoms. The van der Waals surface area contributed by atoms with Crippen LogP contribution >= 0.6 is 0 Å². The first-order valence-corrected chi connectivity index (χ1v) is 10.8. The molecule has 0 saturated heterocycles. The van der Waals surface area contributed by atoms with Crippen LogP contribution in [0.25, 0.3) is 0 Å². The van der Waals surface area contributed by atoms with Crippen molar-refractivity contribution in [3.8, 4) is 0 Å². The summed E-state index contributed by atoms with van der Waals surface area (Å²) in [4.78, 5) is 24.7. The lowest BCUT2D eigenvalue weighted by atomic mass is 10.2. The van der Waals surface area contributed by atoms with Gasteiger partial charge in [0.05, 0.1) is 4.90 Å². The average Bonchev–Trinajstić information content (AvgIpc) is 3.09. The fourth-order valence-corrected chi connectivity index (χ4v) is 4.56. The maximum atomic E-state index is 12.8. The van der Waals surface area contributed by atoms with E-state index in [0.717, 1.165) is 0 Å². The quantitative estimate of drug-likeness (QED) is 0.661. The molecule has 1 aromatic heterocycles. The SMILES string of the molecule is CCN(CC)S(=O)(=O)c1cc(NC(=O)[C@@H](C)OC(=O)c2cccn2C)ccc1C. The zero-order valence-electron chi connectivity index (χ0n) is 17.3. The highest BCUT2D eigenvalue weighted by molar-refractivity contribution is 7.89. The summed E-state index contributed by atoms with van der Waals surface area (Å²) < 4.78 is 33.8. The fourth-order valence-electron chi connectivity index (χ4n) is 2.85. The van der Waals surface area contributed by atoms with Crippen molar-refractivity contribution >= 4 is 27.6 Å². The first-order chi connectivity index (χ1) is 13.6. The van der Waals surface area contributed by atoms with Crippen LogP contribution < -0.4 is 5.32 Å². The summed E-state index contributed by atoms with van der Waals surface area (Å²) in [7, 11) is -1.97. The monoisotopic (exact) mass is 421 g/mol. The molecular formula is C20H27N3O5S. The van der Waals surface area contributed by atoms with Gasteiger partial charge in [0.2, 0.25) is 10.0 Å². The summed E-state index contributed by atoms with van der Waals surface area (Å²) >= 11 is 0. The highest BCUT2D eigenvalue weighted by Gasteiger charge is 2.25. The molecule has 1 heterocycles. The number of esters is 1. The molecule has 9 heteroatoms. The number of carbonyl (C=O) groups is 2. The van der Waals surface area contributed by atoms with E-state index in [1.807, 2.05) is 0 Å². The van der Waals surface area contributed by atoms with Crippen LogP contribution in [-0.2, 0) is 26.6 Å². The molecule has 1 N–H and O–H groups in total. The van der Waals surface area contributed by atoms with Gasteiger partial charge in [-0.1, -0.05) is 19.9 Å². The number of sulfonamides is 1. The number of aromatic nitrogens is 1. The van der Waals surface area contributed by atoms with Crippen molar-refractivity contribution in [3.05, 3.63) is 47.8 Å². The van der Waals surface area contributed by atoms with Gasteiger partial charge < -0.3 is 14.6 Å². The van der Waals surface area contributed by atoms with Crippen LogP contribution in [-0.4, -0.2) is 48.4 Å². The molecular weight excluding hydrogens is 394 g/mol. The van der Waals surface area contributed by atoms with Crippen molar-refractivity contribution in [1.82, 2.24) is 8.87 Å². The van der Waals surface area contributed by atoms with Gasteiger partial charge in [0.15, 0.2) is 6.10 Å². The predicted molar refractivity (Wildman–Crippen MR) is 110 cm³/mol. The van der Waals surface area contributed by atoms with Crippen LogP contribution in [0.3, 0.4) is 0 Å². The molecule has 29 heavy (non-hydrogen) atoms. The minimum Gasteiger partial charge on any atom is -0.448 e. The van der Waals surface area contributed by atoms with Gasteiger partial charge in [0.25, 0.3) is 5.91 Å². The van der Waals surface area contributed by atoms with Crippen molar-refractivity contribution in [2.24, 2.45) is 7.05 Å². The zero-order valence-corrected chi connectivity index (χ0v) is 18.1. The largest absolute Gasteiger partial charge is 0.448 e. The second kappa shape index (κ2) is 9.23. The van der Waals surface area contributed by atoms with Gasteiger partial charge in [-0.3, -0.25) is 4.79 Å². The van der Waals surface area contributed by atoms with E-state index in [1.54, 1.807) is 62.8 Å². The van der Waals surface area contributed by atoms with Crippen LogP contribution in [0.1, 0.15) is 36.8 Å². The number of ether oxygens (including phenoxy) is 1. The summed E-state index contributed by atoms with van der Waals surface area (Å²) in [5, 5.41) is 2.62. The molecule has 0 aliphatic carbocycles. The molecule has 158 valence electrons. The molecule has 0 spiro atoms. The van der Waals surface area contributed by atoms with Crippen molar-refractivity contribution in [3.63, 3.8) is 0 Å². The number of hydrogen-bond donors (Lipinski definition) is 1. The Balaban J connectivity index is 2.16. The second-order valence-electron chi connectivity index (χ2n) is 6.61. The number of benzene rings is 1. The van der Waals surface area contributed by atoms with E-state index in [0.29, 0.717) is 30.0 Å². The fraction of sp³-hybridized carbons (Fsp3) is 0.400. The standard InChI is InChI=1S/C20H27N3O5S/c1-6-23(7-2)29(26,27)18-13-16(11-10-14(18)3)21-19(24)15(4)28-20(25)17-9-8-12-22(17)5/h8-13,15H,6-7H2,1-5H3,(H,21,24)/t15-/m1/s1. The molecule has 8 nitrogen and oxygen atoms in total. The Morgan fingerprint density at radius 3 is 2.41 bits per heavy atom. The molecule has 0 radical (unpaired) electrons. The van der Waals surface area contributed by atoms with Crippen molar-refractivity contribution in [2.45, 2.75) is 38.7 Å². The molecule has 1 amide bonds. The molecule has 0 aliphatic heterocycles. The van der Waals surface area contributed by atoms with Crippen LogP contribution in [0.2, 0.25) is 0 Å². The van der Waals surface area contributed by atoms with Gasteiger partial charge in [-0.25, -0.2) is 13.2 Å². The lowest BCUT2D eigenvalue weighted by molar-refractivity contribution is -0.123. The van der Waals surface area contributed by atoms with E-state index in [1.165, 1.54) is 17.3 Å². The van der Waals surface area contributed by atoms with Crippen LogP contribution in [0.4, 0.5) is 5.69 Å². The minimum absolute atomic E-state index is 0.132. The summed E-state index contributed by atoms with van der Waals surface area (Å²) in [6.45, 7) is 7.39. The third-order valence-electron chi connectivity index (χ3n) is 4.58.